The van der Waals surface area contributed by atoms with Crippen molar-refractivity contribution in [3.8, 4) is 0 Å². The van der Waals surface area contributed by atoms with E-state index in [1.165, 1.54) is 4.90 Å². The van der Waals surface area contributed by atoms with Gasteiger partial charge in [0.05, 0.1) is 0 Å². The predicted octanol–water partition coefficient (Wildman–Crippen LogP) is 0.997. The molecule has 1 saturated carbocycles. The van der Waals surface area contributed by atoms with E-state index in [2.05, 4.69) is 12.2 Å². The van der Waals surface area contributed by atoms with Crippen LogP contribution in [0.5, 0.6) is 0 Å². The number of carboxylic acid groups (broad SMARTS) is 1. The van der Waals surface area contributed by atoms with Gasteiger partial charge < -0.3 is 15.3 Å². The van der Waals surface area contributed by atoms with Crippen LogP contribution in [-0.2, 0) is 4.79 Å². The minimum absolute atomic E-state index is 0.210. The number of hydrogen-bond donors (Lipinski definition) is 2. The fraction of sp³-hybridized carbons (Fsp3) is 0.818. The van der Waals surface area contributed by atoms with E-state index in [-0.39, 0.29) is 12.1 Å². The molecule has 1 aliphatic carbocycles. The molecule has 1 heterocycles. The average molecular weight is 258 g/mol. The molecule has 17 heavy (non-hydrogen) atoms. The molecule has 3 unspecified atom stereocenters. The Bertz CT molecular complexity index is 324. The maximum Gasteiger partial charge on any atom is 0.327 e. The smallest absolute Gasteiger partial charge is 0.327 e. The zero-order chi connectivity index (χ0) is 12.4. The molecule has 5 nitrogen and oxygen atoms in total. The molecule has 2 rings (SSSR count). The largest absolute Gasteiger partial charge is 0.480 e. The first-order chi connectivity index (χ1) is 8.13. The van der Waals surface area contributed by atoms with Crippen molar-refractivity contribution in [2.24, 2.45) is 5.92 Å². The summed E-state index contributed by atoms with van der Waals surface area (Å²) in [6, 6.07) is -0.622. The second-order valence-electron chi connectivity index (χ2n) is 4.58. The lowest BCUT2D eigenvalue weighted by Gasteiger charge is -2.32. The highest BCUT2D eigenvalue weighted by Crippen LogP contribution is 2.33. The Morgan fingerprint density at radius 1 is 1.53 bits per heavy atom. The molecule has 0 radical (unpaired) electrons. The first-order valence-electron chi connectivity index (χ1n) is 6.01. The summed E-state index contributed by atoms with van der Waals surface area (Å²) in [6.07, 6.45) is 2.10. The standard InChI is InChI=1S/C11H18N2O3S/c1-2-7-5-8(7)12-11(16)13-3-4-17-6-9(13)10(14)15/h7-9H,2-6H2,1H3,(H,12,16)(H,14,15). The van der Waals surface area contributed by atoms with Crippen molar-refractivity contribution in [1.29, 1.82) is 0 Å². The highest BCUT2D eigenvalue weighted by molar-refractivity contribution is 7.99. The van der Waals surface area contributed by atoms with Crippen molar-refractivity contribution in [2.75, 3.05) is 18.1 Å². The van der Waals surface area contributed by atoms with Crippen molar-refractivity contribution in [1.82, 2.24) is 10.2 Å². The van der Waals surface area contributed by atoms with Crippen LogP contribution in [0.4, 0.5) is 4.79 Å². The summed E-state index contributed by atoms with van der Waals surface area (Å²) in [5.41, 5.74) is 0. The second kappa shape index (κ2) is 5.16. The molecule has 1 saturated heterocycles. The third-order valence-corrected chi connectivity index (χ3v) is 4.45. The second-order valence-corrected chi connectivity index (χ2v) is 5.73. The van der Waals surface area contributed by atoms with Gasteiger partial charge in [0.1, 0.15) is 6.04 Å². The van der Waals surface area contributed by atoms with E-state index in [9.17, 15) is 9.59 Å². The number of carbonyl (C=O) groups excluding carboxylic acids is 1. The maximum atomic E-state index is 12.0. The van der Waals surface area contributed by atoms with Crippen LogP contribution in [0.15, 0.2) is 0 Å². The Labute approximate surface area is 105 Å². The SMILES string of the molecule is CCC1CC1NC(=O)N1CCSCC1C(=O)O. The van der Waals surface area contributed by atoms with Gasteiger partial charge in [-0.3, -0.25) is 0 Å². The van der Waals surface area contributed by atoms with Gasteiger partial charge in [-0.2, -0.15) is 11.8 Å². The van der Waals surface area contributed by atoms with Gasteiger partial charge in [-0.05, 0) is 12.3 Å². The molecule has 0 aromatic carbocycles. The topological polar surface area (TPSA) is 69.6 Å². The summed E-state index contributed by atoms with van der Waals surface area (Å²) in [4.78, 5) is 24.5. The molecule has 2 fully saturated rings. The number of rotatable bonds is 3. The zero-order valence-corrected chi connectivity index (χ0v) is 10.7. The number of nitrogens with zero attached hydrogens (tertiary/aromatic N) is 1. The molecule has 0 aromatic heterocycles. The number of carboxylic acids is 1. The number of hydrogen-bond acceptors (Lipinski definition) is 3. The molecule has 2 N–H and O–H groups in total. The molecule has 2 aliphatic rings. The van der Waals surface area contributed by atoms with Crippen LogP contribution in [0.25, 0.3) is 0 Å². The van der Waals surface area contributed by atoms with E-state index < -0.39 is 12.0 Å². The van der Waals surface area contributed by atoms with Gasteiger partial charge in [0.25, 0.3) is 0 Å². The van der Waals surface area contributed by atoms with Gasteiger partial charge in [0.2, 0.25) is 0 Å². The van der Waals surface area contributed by atoms with Gasteiger partial charge in [-0.15, -0.1) is 0 Å². The summed E-state index contributed by atoms with van der Waals surface area (Å²) in [5, 5.41) is 12.0. The highest BCUT2D eigenvalue weighted by atomic mass is 32.2. The summed E-state index contributed by atoms with van der Waals surface area (Å²) >= 11 is 1.59. The third-order valence-electron chi connectivity index (χ3n) is 3.43. The van der Waals surface area contributed by atoms with Crippen LogP contribution in [0.3, 0.4) is 0 Å². The number of aliphatic carboxylic acids is 1. The quantitative estimate of drug-likeness (QED) is 0.792. The van der Waals surface area contributed by atoms with Crippen molar-refractivity contribution in [2.45, 2.75) is 31.8 Å². The molecular formula is C11H18N2O3S. The van der Waals surface area contributed by atoms with E-state index in [1.807, 2.05) is 0 Å². The number of carbonyl (C=O) groups is 2. The molecule has 0 aromatic rings. The Balaban J connectivity index is 1.90. The third kappa shape index (κ3) is 2.86. The number of nitrogens with one attached hydrogen (secondary N) is 1. The summed E-state index contributed by atoms with van der Waals surface area (Å²) in [6.45, 7) is 2.63. The van der Waals surface area contributed by atoms with Gasteiger partial charge in [0, 0.05) is 24.1 Å². The van der Waals surface area contributed by atoms with Crippen molar-refractivity contribution >= 4 is 23.8 Å². The lowest BCUT2D eigenvalue weighted by atomic mass is 10.3. The molecule has 6 heteroatoms. The van der Waals surface area contributed by atoms with Gasteiger partial charge in [0.15, 0.2) is 0 Å². The summed E-state index contributed by atoms with van der Waals surface area (Å²) in [5.74, 6) is 0.987. The molecule has 2 amide bonds. The zero-order valence-electron chi connectivity index (χ0n) is 9.89. The van der Waals surface area contributed by atoms with Crippen LogP contribution in [0.2, 0.25) is 0 Å². The average Bonchev–Trinajstić information content (AvgIpc) is 3.07. The normalized spacial score (nSPS) is 32.1. The minimum atomic E-state index is -0.907. The van der Waals surface area contributed by atoms with Gasteiger partial charge in [-0.1, -0.05) is 13.3 Å². The first kappa shape index (κ1) is 12.5. The van der Waals surface area contributed by atoms with Crippen LogP contribution >= 0.6 is 11.8 Å². The summed E-state index contributed by atoms with van der Waals surface area (Å²) < 4.78 is 0. The Kier molecular flexibility index (Phi) is 3.81. The molecule has 96 valence electrons. The van der Waals surface area contributed by atoms with E-state index in [0.29, 0.717) is 18.2 Å². The van der Waals surface area contributed by atoms with Crippen LogP contribution in [-0.4, -0.2) is 52.1 Å². The van der Waals surface area contributed by atoms with E-state index >= 15 is 0 Å². The van der Waals surface area contributed by atoms with Crippen LogP contribution < -0.4 is 5.32 Å². The molecular weight excluding hydrogens is 240 g/mol. The molecule has 3 atom stereocenters. The molecule has 0 bridgehead atoms. The van der Waals surface area contributed by atoms with Crippen molar-refractivity contribution in [3.63, 3.8) is 0 Å². The summed E-state index contributed by atoms with van der Waals surface area (Å²) in [7, 11) is 0. The van der Waals surface area contributed by atoms with Crippen LogP contribution in [0, 0.1) is 5.92 Å². The first-order valence-corrected chi connectivity index (χ1v) is 7.16. The predicted molar refractivity (Wildman–Crippen MR) is 66.2 cm³/mol. The fourth-order valence-corrected chi connectivity index (χ4v) is 3.21. The lowest BCUT2D eigenvalue weighted by Crippen LogP contribution is -2.54. The minimum Gasteiger partial charge on any atom is -0.480 e. The van der Waals surface area contributed by atoms with Crippen LogP contribution in [0.1, 0.15) is 19.8 Å². The lowest BCUT2D eigenvalue weighted by molar-refractivity contribution is -0.141. The van der Waals surface area contributed by atoms with Gasteiger partial charge in [-0.25, -0.2) is 9.59 Å². The van der Waals surface area contributed by atoms with Crippen molar-refractivity contribution < 1.29 is 14.7 Å². The number of amides is 2. The monoisotopic (exact) mass is 258 g/mol. The Morgan fingerprint density at radius 2 is 2.29 bits per heavy atom. The van der Waals surface area contributed by atoms with E-state index in [0.717, 1.165) is 18.6 Å². The fourth-order valence-electron chi connectivity index (χ4n) is 2.17. The van der Waals surface area contributed by atoms with Crippen molar-refractivity contribution in [3.05, 3.63) is 0 Å². The maximum absolute atomic E-state index is 12.0. The van der Waals surface area contributed by atoms with Gasteiger partial charge >= 0.3 is 12.0 Å². The number of urea groups is 1. The number of thioether (sulfide) groups is 1. The van der Waals surface area contributed by atoms with E-state index in [1.54, 1.807) is 11.8 Å². The molecule has 0 spiro atoms. The Morgan fingerprint density at radius 3 is 2.88 bits per heavy atom. The highest BCUT2D eigenvalue weighted by Gasteiger charge is 2.39. The van der Waals surface area contributed by atoms with E-state index in [4.69, 9.17) is 5.11 Å². The molecule has 1 aliphatic heterocycles. The Hall–Kier alpha value is -0.910.